The fraction of sp³-hybridized carbons (Fsp3) is 0.263. The molecule has 29 heavy (non-hydrogen) atoms. The molecule has 1 saturated heterocycles. The van der Waals surface area contributed by atoms with E-state index in [9.17, 15) is 27.9 Å². The molecule has 0 aromatic heterocycles. The Hall–Kier alpha value is -2.78. The Balaban J connectivity index is 2.20. The molecule has 2 aromatic rings. The number of rotatable bonds is 4. The predicted molar refractivity (Wildman–Crippen MR) is 97.7 cm³/mol. The van der Waals surface area contributed by atoms with Crippen molar-refractivity contribution in [1.29, 1.82) is 0 Å². The molecule has 10 heteroatoms. The van der Waals surface area contributed by atoms with E-state index in [-0.39, 0.29) is 21.9 Å². The van der Waals surface area contributed by atoms with E-state index in [0.29, 0.717) is 0 Å². The molecule has 154 valence electrons. The number of para-hydroxylation sites is 1. The average molecular weight is 429 g/mol. The SMILES string of the molecule is COc1ccccc1[C@@H]1NC(=O)N[C@](O)(C(F)(F)F)[C@@H]1C(=O)c1ccc(Cl)cc1. The lowest BCUT2D eigenvalue weighted by molar-refractivity contribution is -0.287. The molecule has 2 amide bonds. The van der Waals surface area contributed by atoms with Gasteiger partial charge >= 0.3 is 12.2 Å². The van der Waals surface area contributed by atoms with Crippen LogP contribution in [-0.4, -0.2) is 35.9 Å². The van der Waals surface area contributed by atoms with Gasteiger partial charge in [-0.15, -0.1) is 0 Å². The lowest BCUT2D eigenvalue weighted by atomic mass is 9.77. The molecule has 1 fully saturated rings. The average Bonchev–Trinajstić information content (AvgIpc) is 2.66. The van der Waals surface area contributed by atoms with Crippen molar-refractivity contribution >= 4 is 23.4 Å². The number of Topliss-reactive ketones (excluding diaryl/α,β-unsaturated/α-hetero) is 1. The zero-order chi connectivity index (χ0) is 21.4. The zero-order valence-corrected chi connectivity index (χ0v) is 15.7. The van der Waals surface area contributed by atoms with Gasteiger partial charge in [0.1, 0.15) is 11.7 Å². The van der Waals surface area contributed by atoms with Crippen molar-refractivity contribution in [3.8, 4) is 5.75 Å². The molecule has 0 spiro atoms. The van der Waals surface area contributed by atoms with E-state index < -0.39 is 35.7 Å². The number of hydrogen-bond donors (Lipinski definition) is 3. The first-order valence-electron chi connectivity index (χ1n) is 8.39. The summed E-state index contributed by atoms with van der Waals surface area (Å²) >= 11 is 5.79. The van der Waals surface area contributed by atoms with Gasteiger partial charge < -0.3 is 20.5 Å². The number of aliphatic hydroxyl groups is 1. The van der Waals surface area contributed by atoms with Gasteiger partial charge in [0.25, 0.3) is 0 Å². The fourth-order valence-electron chi connectivity index (χ4n) is 3.32. The van der Waals surface area contributed by atoms with E-state index >= 15 is 0 Å². The zero-order valence-electron chi connectivity index (χ0n) is 15.0. The summed E-state index contributed by atoms with van der Waals surface area (Å²) in [5.74, 6) is -3.03. The van der Waals surface area contributed by atoms with E-state index in [2.05, 4.69) is 5.32 Å². The second kappa shape index (κ2) is 7.57. The molecule has 0 bridgehead atoms. The van der Waals surface area contributed by atoms with Crippen molar-refractivity contribution in [3.63, 3.8) is 0 Å². The quantitative estimate of drug-likeness (QED) is 0.651. The number of benzene rings is 2. The van der Waals surface area contributed by atoms with Crippen LogP contribution < -0.4 is 15.4 Å². The summed E-state index contributed by atoms with van der Waals surface area (Å²) in [5, 5.41) is 14.6. The van der Waals surface area contributed by atoms with Gasteiger partial charge in [0, 0.05) is 16.1 Å². The third-order valence-electron chi connectivity index (χ3n) is 4.69. The van der Waals surface area contributed by atoms with Crippen LogP contribution in [0.5, 0.6) is 5.75 Å². The number of alkyl halides is 3. The number of ether oxygens (including phenoxy) is 1. The number of urea groups is 1. The highest BCUT2D eigenvalue weighted by Crippen LogP contribution is 2.45. The molecule has 1 heterocycles. The first-order chi connectivity index (χ1) is 13.6. The summed E-state index contributed by atoms with van der Waals surface area (Å²) in [5.41, 5.74) is -3.81. The molecular weight excluding hydrogens is 413 g/mol. The van der Waals surface area contributed by atoms with Crippen LogP contribution in [0, 0.1) is 5.92 Å². The number of amides is 2. The van der Waals surface area contributed by atoms with Gasteiger partial charge in [0.15, 0.2) is 5.78 Å². The Labute approximate surface area is 168 Å². The van der Waals surface area contributed by atoms with Gasteiger partial charge in [0.2, 0.25) is 5.72 Å². The topological polar surface area (TPSA) is 87.7 Å². The van der Waals surface area contributed by atoms with Crippen molar-refractivity contribution in [3.05, 3.63) is 64.7 Å². The normalized spacial score (nSPS) is 24.4. The summed E-state index contributed by atoms with van der Waals surface area (Å²) in [4.78, 5) is 25.1. The van der Waals surface area contributed by atoms with E-state index in [0.717, 1.165) is 0 Å². The maximum Gasteiger partial charge on any atom is 0.437 e. The van der Waals surface area contributed by atoms with E-state index in [1.165, 1.54) is 54.9 Å². The van der Waals surface area contributed by atoms with Gasteiger partial charge in [-0.1, -0.05) is 29.8 Å². The van der Waals surface area contributed by atoms with Crippen LogP contribution in [0.4, 0.5) is 18.0 Å². The first kappa shape index (κ1) is 20.9. The molecule has 0 aliphatic carbocycles. The molecule has 1 aliphatic heterocycles. The van der Waals surface area contributed by atoms with E-state index in [4.69, 9.17) is 16.3 Å². The minimum absolute atomic E-state index is 0.111. The molecule has 0 saturated carbocycles. The number of carbonyl (C=O) groups is 2. The van der Waals surface area contributed by atoms with Crippen molar-refractivity contribution in [1.82, 2.24) is 10.6 Å². The Morgan fingerprint density at radius 2 is 1.79 bits per heavy atom. The molecule has 3 rings (SSSR count). The smallest absolute Gasteiger partial charge is 0.437 e. The van der Waals surface area contributed by atoms with Crippen LogP contribution in [0.15, 0.2) is 48.5 Å². The van der Waals surface area contributed by atoms with Crippen LogP contribution in [0.25, 0.3) is 0 Å². The molecule has 6 nitrogen and oxygen atoms in total. The maximum atomic E-state index is 13.9. The van der Waals surface area contributed by atoms with Gasteiger partial charge in [-0.05, 0) is 30.3 Å². The second-order valence-corrected chi connectivity index (χ2v) is 6.87. The molecular formula is C19H16ClF3N2O4. The van der Waals surface area contributed by atoms with Gasteiger partial charge in [-0.3, -0.25) is 4.79 Å². The lowest BCUT2D eigenvalue weighted by Gasteiger charge is -2.45. The monoisotopic (exact) mass is 428 g/mol. The van der Waals surface area contributed by atoms with Crippen molar-refractivity contribution in [2.24, 2.45) is 5.92 Å². The van der Waals surface area contributed by atoms with Crippen LogP contribution in [-0.2, 0) is 0 Å². The molecule has 3 atom stereocenters. The first-order valence-corrected chi connectivity index (χ1v) is 8.76. The number of methoxy groups -OCH3 is 1. The fourth-order valence-corrected chi connectivity index (χ4v) is 3.44. The Morgan fingerprint density at radius 1 is 1.17 bits per heavy atom. The summed E-state index contributed by atoms with van der Waals surface area (Å²) in [6, 6.07) is 8.36. The Morgan fingerprint density at radius 3 is 2.38 bits per heavy atom. The third kappa shape index (κ3) is 3.75. The van der Waals surface area contributed by atoms with Crippen LogP contribution in [0.2, 0.25) is 5.02 Å². The summed E-state index contributed by atoms with van der Waals surface area (Å²) in [6.45, 7) is 0. The van der Waals surface area contributed by atoms with Crippen LogP contribution >= 0.6 is 11.6 Å². The van der Waals surface area contributed by atoms with Gasteiger partial charge in [0.05, 0.1) is 13.2 Å². The van der Waals surface area contributed by atoms with Crippen LogP contribution in [0.3, 0.4) is 0 Å². The highest BCUT2D eigenvalue weighted by Gasteiger charge is 2.66. The minimum Gasteiger partial charge on any atom is -0.496 e. The summed E-state index contributed by atoms with van der Waals surface area (Å²) < 4.78 is 46.8. The Bertz CT molecular complexity index is 936. The van der Waals surface area contributed by atoms with Crippen molar-refractivity contribution in [2.75, 3.05) is 7.11 Å². The van der Waals surface area contributed by atoms with Crippen LogP contribution in [0.1, 0.15) is 22.0 Å². The number of halogens is 4. The number of hydrogen-bond acceptors (Lipinski definition) is 4. The second-order valence-electron chi connectivity index (χ2n) is 6.43. The van der Waals surface area contributed by atoms with E-state index in [1.54, 1.807) is 6.07 Å². The largest absolute Gasteiger partial charge is 0.496 e. The molecule has 3 N–H and O–H groups in total. The lowest BCUT2D eigenvalue weighted by Crippen LogP contribution is -2.72. The number of ketones is 1. The predicted octanol–water partition coefficient (Wildman–Crippen LogP) is 3.45. The number of nitrogens with one attached hydrogen (secondary N) is 2. The van der Waals surface area contributed by atoms with E-state index in [1.807, 2.05) is 0 Å². The minimum atomic E-state index is -5.34. The summed E-state index contributed by atoms with van der Waals surface area (Å²) in [7, 11) is 1.30. The highest BCUT2D eigenvalue weighted by molar-refractivity contribution is 6.30. The standard InChI is InChI=1S/C19H16ClF3N2O4/c1-29-13-5-3-2-4-12(13)15-14(16(26)10-6-8-11(20)9-7-10)18(28,19(21,22)23)25-17(27)24-15/h2-9,14-15,28H,1H3,(H2,24,25,27)/t14-,15-,18+/m0/s1. The molecule has 2 aromatic carbocycles. The molecule has 1 aliphatic rings. The molecule has 0 radical (unpaired) electrons. The number of carbonyl (C=O) groups excluding carboxylic acids is 2. The molecule has 0 unspecified atom stereocenters. The van der Waals surface area contributed by atoms with Gasteiger partial charge in [-0.25, -0.2) is 4.79 Å². The highest BCUT2D eigenvalue weighted by atomic mass is 35.5. The maximum absolute atomic E-state index is 13.9. The van der Waals surface area contributed by atoms with Crippen molar-refractivity contribution in [2.45, 2.75) is 17.9 Å². The summed E-state index contributed by atoms with van der Waals surface area (Å²) in [6.07, 6.45) is -5.34. The third-order valence-corrected chi connectivity index (χ3v) is 4.94. The van der Waals surface area contributed by atoms with Gasteiger partial charge in [-0.2, -0.15) is 13.2 Å². The Kier molecular flexibility index (Phi) is 5.46. The van der Waals surface area contributed by atoms with Crippen molar-refractivity contribution < 1.29 is 32.6 Å².